The van der Waals surface area contributed by atoms with E-state index in [9.17, 15) is 0 Å². The largest absolute Gasteiger partial charge is 0.490 e. The molecule has 3 aromatic rings. The molecule has 1 fully saturated rings. The van der Waals surface area contributed by atoms with Gasteiger partial charge in [0, 0.05) is 32.1 Å². The minimum atomic E-state index is 0.221. The van der Waals surface area contributed by atoms with Crippen LogP contribution >= 0.6 is 0 Å². The molecule has 0 saturated carbocycles. The lowest BCUT2D eigenvalue weighted by Crippen LogP contribution is -2.39. The Bertz CT molecular complexity index is 909. The molecule has 0 amide bonds. The molecule has 3 heterocycles. The van der Waals surface area contributed by atoms with E-state index in [-0.39, 0.29) is 6.10 Å². The summed E-state index contributed by atoms with van der Waals surface area (Å²) in [5.74, 6) is 3.06. The summed E-state index contributed by atoms with van der Waals surface area (Å²) in [6.07, 6.45) is 3.93. The first-order chi connectivity index (χ1) is 13.1. The van der Waals surface area contributed by atoms with Gasteiger partial charge >= 0.3 is 0 Å². The number of hydrogen-bond acceptors (Lipinski definition) is 6. The topological polar surface area (TPSA) is 64.3 Å². The first-order valence-corrected chi connectivity index (χ1v) is 9.35. The van der Waals surface area contributed by atoms with Crippen molar-refractivity contribution in [3.8, 4) is 17.2 Å². The summed E-state index contributed by atoms with van der Waals surface area (Å²) in [5, 5.41) is 3.90. The van der Waals surface area contributed by atoms with Gasteiger partial charge in [0.2, 0.25) is 0 Å². The third kappa shape index (κ3) is 3.65. The van der Waals surface area contributed by atoms with Gasteiger partial charge in [-0.05, 0) is 44.0 Å². The van der Waals surface area contributed by atoms with E-state index < -0.39 is 0 Å². The molecular formula is C21H24N4O2. The van der Waals surface area contributed by atoms with Crippen LogP contribution in [-0.4, -0.2) is 34.3 Å². The van der Waals surface area contributed by atoms with Gasteiger partial charge in [0.1, 0.15) is 17.7 Å². The van der Waals surface area contributed by atoms with E-state index in [4.69, 9.17) is 9.26 Å². The molecule has 27 heavy (non-hydrogen) atoms. The van der Waals surface area contributed by atoms with Crippen molar-refractivity contribution in [3.63, 3.8) is 0 Å². The molecule has 1 aliphatic rings. The highest BCUT2D eigenvalue weighted by atomic mass is 16.5. The van der Waals surface area contributed by atoms with Crippen LogP contribution in [0.5, 0.6) is 5.75 Å². The van der Waals surface area contributed by atoms with Gasteiger partial charge in [-0.15, -0.1) is 0 Å². The van der Waals surface area contributed by atoms with Crippen LogP contribution in [0, 0.1) is 20.8 Å². The van der Waals surface area contributed by atoms with Gasteiger partial charge in [0.15, 0.2) is 5.82 Å². The Labute approximate surface area is 159 Å². The summed E-state index contributed by atoms with van der Waals surface area (Å²) in [6.45, 7) is 7.78. The van der Waals surface area contributed by atoms with Crippen molar-refractivity contribution in [3.05, 3.63) is 53.5 Å². The van der Waals surface area contributed by atoms with Crippen LogP contribution in [0.1, 0.15) is 29.8 Å². The monoisotopic (exact) mass is 364 g/mol. The second-order valence-electron chi connectivity index (χ2n) is 7.05. The maximum atomic E-state index is 6.33. The van der Waals surface area contributed by atoms with Crippen molar-refractivity contribution in [1.82, 2.24) is 15.1 Å². The van der Waals surface area contributed by atoms with E-state index >= 15 is 0 Å². The molecule has 1 aliphatic heterocycles. The van der Waals surface area contributed by atoms with E-state index in [1.807, 2.05) is 19.1 Å². The molecule has 0 aliphatic carbocycles. The summed E-state index contributed by atoms with van der Waals surface area (Å²) in [4.78, 5) is 11.2. The predicted molar refractivity (Wildman–Crippen MR) is 104 cm³/mol. The number of benzene rings is 1. The summed E-state index contributed by atoms with van der Waals surface area (Å²) >= 11 is 0. The molecule has 2 aromatic heterocycles. The lowest BCUT2D eigenvalue weighted by atomic mass is 10.1. The number of aromatic nitrogens is 3. The number of anilines is 1. The summed E-state index contributed by atoms with van der Waals surface area (Å²) < 4.78 is 11.7. The van der Waals surface area contributed by atoms with Crippen molar-refractivity contribution in [2.45, 2.75) is 39.7 Å². The van der Waals surface area contributed by atoms with Gasteiger partial charge < -0.3 is 14.2 Å². The number of aryl methyl sites for hydroxylation is 3. The number of piperidine rings is 1. The van der Waals surface area contributed by atoms with Crippen molar-refractivity contribution >= 4 is 5.82 Å². The number of nitrogens with zero attached hydrogens (tertiary/aromatic N) is 4. The zero-order valence-electron chi connectivity index (χ0n) is 16.0. The molecule has 6 nitrogen and oxygen atoms in total. The molecule has 0 unspecified atom stereocenters. The molecule has 0 atom stereocenters. The normalized spacial score (nSPS) is 15.1. The van der Waals surface area contributed by atoms with Crippen LogP contribution in [0.2, 0.25) is 0 Å². The predicted octanol–water partition coefficient (Wildman–Crippen LogP) is 4.10. The van der Waals surface area contributed by atoms with Crippen LogP contribution in [0.25, 0.3) is 11.5 Å². The van der Waals surface area contributed by atoms with Gasteiger partial charge in [-0.3, -0.25) is 0 Å². The second kappa shape index (κ2) is 7.39. The fourth-order valence-corrected chi connectivity index (χ4v) is 3.56. The fourth-order valence-electron chi connectivity index (χ4n) is 3.56. The van der Waals surface area contributed by atoms with Gasteiger partial charge in [-0.25, -0.2) is 4.98 Å². The van der Waals surface area contributed by atoms with Crippen molar-refractivity contribution in [1.29, 1.82) is 0 Å². The maximum Gasteiger partial charge on any atom is 0.261 e. The third-order valence-electron chi connectivity index (χ3n) is 4.98. The van der Waals surface area contributed by atoms with Gasteiger partial charge in [-0.2, -0.15) is 4.98 Å². The molecule has 6 heteroatoms. The smallest absolute Gasteiger partial charge is 0.261 e. The average Bonchev–Trinajstić information content (AvgIpc) is 3.12. The highest BCUT2D eigenvalue weighted by molar-refractivity contribution is 5.69. The second-order valence-corrected chi connectivity index (χ2v) is 7.05. The molecule has 0 spiro atoms. The first-order valence-electron chi connectivity index (χ1n) is 9.35. The van der Waals surface area contributed by atoms with Crippen molar-refractivity contribution < 1.29 is 9.26 Å². The average molecular weight is 364 g/mol. The minimum Gasteiger partial charge on any atom is -0.490 e. The summed E-state index contributed by atoms with van der Waals surface area (Å²) in [5.41, 5.74) is 3.26. The van der Waals surface area contributed by atoms with Crippen LogP contribution in [0.15, 0.2) is 41.1 Å². The number of ether oxygens (including phenoxy) is 1. The molecule has 0 bridgehead atoms. The van der Waals surface area contributed by atoms with Gasteiger partial charge in [0.25, 0.3) is 5.89 Å². The van der Waals surface area contributed by atoms with Crippen LogP contribution < -0.4 is 9.64 Å². The first kappa shape index (κ1) is 17.5. The number of rotatable bonds is 4. The number of para-hydroxylation sites is 1. The van der Waals surface area contributed by atoms with Crippen molar-refractivity contribution in [2.75, 3.05) is 18.0 Å². The Hall–Kier alpha value is -2.89. The Morgan fingerprint density at radius 2 is 1.78 bits per heavy atom. The maximum absolute atomic E-state index is 6.33. The van der Waals surface area contributed by atoms with E-state index in [0.29, 0.717) is 11.7 Å². The third-order valence-corrected chi connectivity index (χ3v) is 4.98. The van der Waals surface area contributed by atoms with E-state index in [1.54, 1.807) is 6.20 Å². The van der Waals surface area contributed by atoms with E-state index in [2.05, 4.69) is 52.1 Å². The van der Waals surface area contributed by atoms with Gasteiger partial charge in [-0.1, -0.05) is 23.4 Å². The Balaban J connectivity index is 1.47. The highest BCUT2D eigenvalue weighted by Crippen LogP contribution is 2.31. The van der Waals surface area contributed by atoms with Crippen LogP contribution in [-0.2, 0) is 0 Å². The van der Waals surface area contributed by atoms with Gasteiger partial charge in [0.05, 0.1) is 5.56 Å². The quantitative estimate of drug-likeness (QED) is 0.694. The molecule has 4 rings (SSSR count). The number of pyridine rings is 1. The van der Waals surface area contributed by atoms with Crippen LogP contribution in [0.3, 0.4) is 0 Å². The molecular weight excluding hydrogens is 340 g/mol. The molecule has 140 valence electrons. The zero-order chi connectivity index (χ0) is 18.8. The Morgan fingerprint density at radius 3 is 2.44 bits per heavy atom. The lowest BCUT2D eigenvalue weighted by Gasteiger charge is -2.34. The minimum absolute atomic E-state index is 0.221. The zero-order valence-corrected chi connectivity index (χ0v) is 16.0. The molecule has 0 N–H and O–H groups in total. The molecule has 0 radical (unpaired) electrons. The Morgan fingerprint density at radius 1 is 1.04 bits per heavy atom. The Kier molecular flexibility index (Phi) is 4.79. The van der Waals surface area contributed by atoms with Crippen LogP contribution in [0.4, 0.5) is 5.82 Å². The van der Waals surface area contributed by atoms with Crippen molar-refractivity contribution in [2.24, 2.45) is 0 Å². The van der Waals surface area contributed by atoms with E-state index in [0.717, 1.165) is 43.1 Å². The van der Waals surface area contributed by atoms with E-state index in [1.165, 1.54) is 11.1 Å². The number of hydrogen-bond donors (Lipinski definition) is 0. The molecule has 1 saturated heterocycles. The standard InChI is InChI=1S/C21H24N4O2/c1-14-6-4-7-15(2)19(14)26-17-9-12-25(13-10-17)20-18(8-5-11-22-20)21-23-16(3)24-27-21/h4-8,11,17H,9-10,12-13H2,1-3H3. The molecule has 1 aromatic carbocycles. The fraction of sp³-hybridized carbons (Fsp3) is 0.381. The lowest BCUT2D eigenvalue weighted by molar-refractivity contribution is 0.168. The summed E-state index contributed by atoms with van der Waals surface area (Å²) in [7, 11) is 0. The highest BCUT2D eigenvalue weighted by Gasteiger charge is 2.25. The SMILES string of the molecule is Cc1noc(-c2cccnc2N2CCC(Oc3c(C)cccc3C)CC2)n1. The summed E-state index contributed by atoms with van der Waals surface area (Å²) in [6, 6.07) is 10.2.